The van der Waals surface area contributed by atoms with Crippen LogP contribution < -0.4 is 10.1 Å². The van der Waals surface area contributed by atoms with E-state index in [1.54, 1.807) is 0 Å². The largest absolute Gasteiger partial charge is 0.494 e. The summed E-state index contributed by atoms with van der Waals surface area (Å²) in [5.41, 5.74) is 1.95. The maximum Gasteiger partial charge on any atom is 0.246 e. The summed E-state index contributed by atoms with van der Waals surface area (Å²) in [5, 5.41) is 12.1. The van der Waals surface area contributed by atoms with Crippen molar-refractivity contribution in [1.29, 1.82) is 0 Å². The predicted molar refractivity (Wildman–Crippen MR) is 131 cm³/mol. The Bertz CT molecular complexity index is 882. The molecule has 0 aromatic heterocycles. The third kappa shape index (κ3) is 6.72. The van der Waals surface area contributed by atoms with E-state index in [1.165, 1.54) is 32.1 Å². The van der Waals surface area contributed by atoms with E-state index in [9.17, 15) is 14.7 Å². The van der Waals surface area contributed by atoms with E-state index in [4.69, 9.17) is 4.74 Å². The minimum Gasteiger partial charge on any atom is -0.494 e. The summed E-state index contributed by atoms with van der Waals surface area (Å²) in [6.07, 6.45) is 10.7. The molecule has 0 atom stereocenters. The van der Waals surface area contributed by atoms with E-state index in [2.05, 4.69) is 10.3 Å². The highest BCUT2D eigenvalue weighted by Gasteiger charge is 2.29. The SMILES string of the molecule is O=C1CN2Cc3cc(OCCCCCCC(=O)N(CCO)CC4CCCCC4)ccc3N=C2N1. The molecule has 0 unspecified atom stereocenters. The summed E-state index contributed by atoms with van der Waals surface area (Å²) in [4.78, 5) is 32.5. The zero-order valence-electron chi connectivity index (χ0n) is 20.1. The maximum atomic E-state index is 12.6. The molecule has 2 amide bonds. The molecule has 0 radical (unpaired) electrons. The number of fused-ring (bicyclic) bond motifs is 2. The number of carbonyl (C=O) groups excluding carboxylic acids is 2. The zero-order chi connectivity index (χ0) is 23.8. The molecule has 0 bridgehead atoms. The lowest BCUT2D eigenvalue weighted by Crippen LogP contribution is -2.37. The molecule has 3 aliphatic rings. The molecular formula is C26H38N4O4. The lowest BCUT2D eigenvalue weighted by atomic mass is 9.89. The van der Waals surface area contributed by atoms with Crippen molar-refractivity contribution in [2.24, 2.45) is 10.9 Å². The van der Waals surface area contributed by atoms with Gasteiger partial charge in [0.05, 0.1) is 18.9 Å². The number of amides is 2. The van der Waals surface area contributed by atoms with E-state index >= 15 is 0 Å². The molecule has 1 saturated heterocycles. The molecule has 1 aliphatic carbocycles. The molecule has 1 aromatic carbocycles. The van der Waals surface area contributed by atoms with E-state index in [1.807, 2.05) is 28.0 Å². The number of aliphatic hydroxyl groups is 1. The first-order valence-electron chi connectivity index (χ1n) is 12.9. The second kappa shape index (κ2) is 12.2. The number of carbonyl (C=O) groups is 2. The summed E-state index contributed by atoms with van der Waals surface area (Å²) >= 11 is 0. The number of nitrogens with one attached hydrogen (secondary N) is 1. The molecule has 34 heavy (non-hydrogen) atoms. The zero-order valence-corrected chi connectivity index (χ0v) is 20.1. The third-order valence-corrected chi connectivity index (χ3v) is 7.00. The first-order chi connectivity index (χ1) is 16.6. The first kappa shape index (κ1) is 24.5. The van der Waals surface area contributed by atoms with Gasteiger partial charge in [-0.05, 0) is 49.8 Å². The fourth-order valence-corrected chi connectivity index (χ4v) is 5.13. The highest BCUT2D eigenvalue weighted by atomic mass is 16.5. The summed E-state index contributed by atoms with van der Waals surface area (Å²) < 4.78 is 5.93. The monoisotopic (exact) mass is 470 g/mol. The maximum absolute atomic E-state index is 12.6. The van der Waals surface area contributed by atoms with Crippen molar-refractivity contribution < 1.29 is 19.4 Å². The predicted octanol–water partition coefficient (Wildman–Crippen LogP) is 3.35. The van der Waals surface area contributed by atoms with Gasteiger partial charge in [-0.15, -0.1) is 0 Å². The number of hydrogen-bond donors (Lipinski definition) is 2. The molecule has 8 nitrogen and oxygen atoms in total. The Kier molecular flexibility index (Phi) is 8.79. The van der Waals surface area contributed by atoms with Gasteiger partial charge in [-0.25, -0.2) is 4.99 Å². The normalized spacial score (nSPS) is 17.6. The topological polar surface area (TPSA) is 94.5 Å². The third-order valence-electron chi connectivity index (χ3n) is 7.00. The number of hydrogen-bond acceptors (Lipinski definition) is 6. The number of guanidine groups is 1. The van der Waals surface area contributed by atoms with Crippen molar-refractivity contribution in [3.05, 3.63) is 23.8 Å². The molecule has 2 heterocycles. The van der Waals surface area contributed by atoms with Gasteiger partial charge in [0.1, 0.15) is 12.3 Å². The molecule has 2 fully saturated rings. The van der Waals surface area contributed by atoms with Gasteiger partial charge in [-0.2, -0.15) is 0 Å². The summed E-state index contributed by atoms with van der Waals surface area (Å²) in [6, 6.07) is 5.88. The van der Waals surface area contributed by atoms with Crippen LogP contribution in [-0.4, -0.2) is 65.5 Å². The molecule has 4 rings (SSSR count). The van der Waals surface area contributed by atoms with Gasteiger partial charge < -0.3 is 19.6 Å². The average Bonchev–Trinajstić information content (AvgIpc) is 3.20. The fraction of sp³-hybridized carbons (Fsp3) is 0.654. The second-order valence-electron chi connectivity index (χ2n) is 9.71. The van der Waals surface area contributed by atoms with Crippen LogP contribution in [0.15, 0.2) is 23.2 Å². The molecule has 1 aromatic rings. The van der Waals surface area contributed by atoms with Gasteiger partial charge in [0.15, 0.2) is 0 Å². The summed E-state index contributed by atoms with van der Waals surface area (Å²) in [5.74, 6) is 2.24. The molecule has 186 valence electrons. The lowest BCUT2D eigenvalue weighted by Gasteiger charge is -2.29. The number of unbranched alkanes of at least 4 members (excludes halogenated alkanes) is 3. The Labute approximate surface area is 202 Å². The van der Waals surface area contributed by atoms with Gasteiger partial charge in [0.2, 0.25) is 17.8 Å². The van der Waals surface area contributed by atoms with Crippen molar-refractivity contribution in [1.82, 2.24) is 15.1 Å². The Morgan fingerprint density at radius 1 is 1.15 bits per heavy atom. The standard InChI is InChI=1S/C26H38N4O4/c31-14-13-29(17-20-8-4-3-5-9-20)25(33)10-6-1-2-7-15-34-22-11-12-23-21(16-22)18-30-19-24(32)28-26(30)27-23/h11-12,16,20,31H,1-10,13-15,17-19H2,(H,27,28,32). The Morgan fingerprint density at radius 2 is 1.97 bits per heavy atom. The van der Waals surface area contributed by atoms with Gasteiger partial charge in [-0.1, -0.05) is 32.1 Å². The summed E-state index contributed by atoms with van der Waals surface area (Å²) in [6.45, 7) is 2.96. The van der Waals surface area contributed by atoms with E-state index in [-0.39, 0.29) is 18.4 Å². The van der Waals surface area contributed by atoms with Crippen LogP contribution in [0.4, 0.5) is 5.69 Å². The van der Waals surface area contributed by atoms with Crippen LogP contribution in [-0.2, 0) is 16.1 Å². The number of ether oxygens (including phenoxy) is 1. The summed E-state index contributed by atoms with van der Waals surface area (Å²) in [7, 11) is 0. The van der Waals surface area contributed by atoms with Crippen molar-refractivity contribution in [2.45, 2.75) is 70.8 Å². The Balaban J connectivity index is 1.11. The Morgan fingerprint density at radius 3 is 2.79 bits per heavy atom. The average molecular weight is 471 g/mol. The molecule has 0 spiro atoms. The van der Waals surface area contributed by atoms with Crippen LogP contribution in [0.25, 0.3) is 0 Å². The van der Waals surface area contributed by atoms with E-state index in [0.29, 0.717) is 44.5 Å². The molecule has 8 heteroatoms. The quantitative estimate of drug-likeness (QED) is 0.457. The van der Waals surface area contributed by atoms with Crippen LogP contribution in [0.5, 0.6) is 5.75 Å². The van der Waals surface area contributed by atoms with Crippen molar-refractivity contribution in [3.63, 3.8) is 0 Å². The number of aliphatic hydroxyl groups excluding tert-OH is 1. The van der Waals surface area contributed by atoms with Gasteiger partial charge >= 0.3 is 0 Å². The second-order valence-corrected chi connectivity index (χ2v) is 9.71. The molecule has 2 N–H and O–H groups in total. The molecule has 2 aliphatic heterocycles. The van der Waals surface area contributed by atoms with Crippen molar-refractivity contribution in [2.75, 3.05) is 32.8 Å². The highest BCUT2D eigenvalue weighted by Crippen LogP contribution is 2.30. The molecule has 1 saturated carbocycles. The van der Waals surface area contributed by atoms with Gasteiger partial charge in [0, 0.05) is 31.6 Å². The van der Waals surface area contributed by atoms with E-state index < -0.39 is 0 Å². The first-order valence-corrected chi connectivity index (χ1v) is 12.9. The van der Waals surface area contributed by atoms with Crippen LogP contribution in [0.3, 0.4) is 0 Å². The van der Waals surface area contributed by atoms with E-state index in [0.717, 1.165) is 49.2 Å². The van der Waals surface area contributed by atoms with Crippen LogP contribution in [0, 0.1) is 5.92 Å². The van der Waals surface area contributed by atoms with Gasteiger partial charge in [0.25, 0.3) is 0 Å². The van der Waals surface area contributed by atoms with Crippen LogP contribution >= 0.6 is 0 Å². The lowest BCUT2D eigenvalue weighted by molar-refractivity contribution is -0.132. The minimum absolute atomic E-state index is 0.0185. The minimum atomic E-state index is -0.0185. The highest BCUT2D eigenvalue weighted by molar-refractivity contribution is 6.05. The van der Waals surface area contributed by atoms with Crippen LogP contribution in [0.2, 0.25) is 0 Å². The number of rotatable bonds is 12. The number of aliphatic imine (C=N–C) groups is 1. The smallest absolute Gasteiger partial charge is 0.246 e. The van der Waals surface area contributed by atoms with Crippen molar-refractivity contribution in [3.8, 4) is 5.75 Å². The van der Waals surface area contributed by atoms with Crippen molar-refractivity contribution >= 4 is 23.5 Å². The number of benzene rings is 1. The fourth-order valence-electron chi connectivity index (χ4n) is 5.13. The number of nitrogens with zero attached hydrogens (tertiary/aromatic N) is 3. The van der Waals surface area contributed by atoms with Crippen LogP contribution in [0.1, 0.15) is 69.8 Å². The Hall–Kier alpha value is -2.61. The molecular weight excluding hydrogens is 432 g/mol. The van der Waals surface area contributed by atoms with Gasteiger partial charge in [-0.3, -0.25) is 14.9 Å².